The van der Waals surface area contributed by atoms with Crippen LogP contribution in [0.25, 0.3) is 0 Å². The first-order chi connectivity index (χ1) is 22.7. The third-order valence-electron chi connectivity index (χ3n) is 8.14. The maximum Gasteiger partial charge on any atom is 0.471 e. The molecule has 1 atom stereocenters. The molecule has 10 nitrogen and oxygen atoms in total. The SMILES string of the molecule is CCCCCCCCCCCC(=O)OCC(COC(=O)CCCCCCCCCCC)OC(=O)CCCCCCCOP(=O)(O)OC. The maximum atomic E-state index is 12.5. The predicted molar refractivity (Wildman–Crippen MR) is 186 cm³/mol. The molecule has 0 heterocycles. The lowest BCUT2D eigenvalue weighted by Gasteiger charge is -2.18. The first kappa shape index (κ1) is 45.5. The Bertz CT molecular complexity index is 769. The van der Waals surface area contributed by atoms with Crippen molar-refractivity contribution in [2.75, 3.05) is 26.9 Å². The van der Waals surface area contributed by atoms with Gasteiger partial charge in [-0.05, 0) is 25.7 Å². The van der Waals surface area contributed by atoms with Crippen molar-refractivity contribution in [2.24, 2.45) is 0 Å². The third kappa shape index (κ3) is 32.8. The van der Waals surface area contributed by atoms with E-state index in [0.717, 1.165) is 64.9 Å². The molecule has 0 aliphatic rings. The van der Waals surface area contributed by atoms with Crippen molar-refractivity contribution in [1.29, 1.82) is 0 Å². The van der Waals surface area contributed by atoms with Crippen LogP contribution in [0.5, 0.6) is 0 Å². The summed E-state index contributed by atoms with van der Waals surface area (Å²) in [4.78, 5) is 46.5. The van der Waals surface area contributed by atoms with E-state index in [2.05, 4.69) is 18.4 Å². The average molecular weight is 693 g/mol. The van der Waals surface area contributed by atoms with Crippen molar-refractivity contribution >= 4 is 25.7 Å². The zero-order valence-corrected chi connectivity index (χ0v) is 31.0. The van der Waals surface area contributed by atoms with Crippen molar-refractivity contribution in [1.82, 2.24) is 0 Å². The number of hydrogen-bond donors (Lipinski definition) is 1. The van der Waals surface area contributed by atoms with Crippen LogP contribution in [0.15, 0.2) is 0 Å². The van der Waals surface area contributed by atoms with Crippen LogP contribution in [0.3, 0.4) is 0 Å². The van der Waals surface area contributed by atoms with E-state index >= 15 is 0 Å². The summed E-state index contributed by atoms with van der Waals surface area (Å²) in [5.74, 6) is -1.09. The van der Waals surface area contributed by atoms with Crippen LogP contribution in [0.2, 0.25) is 0 Å². The summed E-state index contributed by atoms with van der Waals surface area (Å²) in [7, 11) is -2.82. The van der Waals surface area contributed by atoms with Crippen molar-refractivity contribution in [2.45, 2.75) is 187 Å². The lowest BCUT2D eigenvalue weighted by Crippen LogP contribution is -2.30. The zero-order chi connectivity index (χ0) is 34.9. The van der Waals surface area contributed by atoms with Gasteiger partial charge in [0.2, 0.25) is 0 Å². The number of phosphoric ester groups is 1. The maximum absolute atomic E-state index is 12.5. The highest BCUT2D eigenvalue weighted by Crippen LogP contribution is 2.41. The Morgan fingerprint density at radius 3 is 1.26 bits per heavy atom. The van der Waals surface area contributed by atoms with E-state index in [4.69, 9.17) is 18.7 Å². The van der Waals surface area contributed by atoms with E-state index in [1.54, 1.807) is 0 Å². The molecule has 11 heteroatoms. The Morgan fingerprint density at radius 1 is 0.532 bits per heavy atom. The van der Waals surface area contributed by atoms with Crippen LogP contribution in [0.4, 0.5) is 0 Å². The Morgan fingerprint density at radius 2 is 0.872 bits per heavy atom. The summed E-state index contributed by atoms with van der Waals surface area (Å²) in [5.41, 5.74) is 0. The molecular formula is C36H69O10P. The van der Waals surface area contributed by atoms with Gasteiger partial charge in [0.15, 0.2) is 6.10 Å². The van der Waals surface area contributed by atoms with Crippen LogP contribution in [0.1, 0.15) is 181 Å². The molecule has 0 aromatic heterocycles. The number of unbranched alkanes of at least 4 members (excludes halogenated alkanes) is 20. The first-order valence-corrected chi connectivity index (χ1v) is 20.3. The van der Waals surface area contributed by atoms with E-state index in [1.165, 1.54) is 77.0 Å². The molecule has 0 bridgehead atoms. The van der Waals surface area contributed by atoms with E-state index in [0.29, 0.717) is 25.7 Å². The summed E-state index contributed by atoms with van der Waals surface area (Å²) < 4.78 is 36.8. The summed E-state index contributed by atoms with van der Waals surface area (Å²) in [6.07, 6.45) is 24.5. The molecule has 0 saturated heterocycles. The fourth-order valence-electron chi connectivity index (χ4n) is 5.17. The number of carbonyl (C=O) groups is 3. The number of hydrogen-bond acceptors (Lipinski definition) is 9. The molecule has 0 amide bonds. The van der Waals surface area contributed by atoms with Crippen LogP contribution in [-0.4, -0.2) is 55.8 Å². The van der Waals surface area contributed by atoms with Gasteiger partial charge in [0.05, 0.1) is 6.61 Å². The highest BCUT2D eigenvalue weighted by Gasteiger charge is 2.20. The largest absolute Gasteiger partial charge is 0.471 e. The smallest absolute Gasteiger partial charge is 0.462 e. The number of phosphoric acid groups is 1. The number of rotatable bonds is 35. The number of ether oxygens (including phenoxy) is 3. The second-order valence-electron chi connectivity index (χ2n) is 12.6. The molecule has 0 aliphatic carbocycles. The molecule has 0 radical (unpaired) electrons. The minimum Gasteiger partial charge on any atom is -0.462 e. The first-order valence-electron chi connectivity index (χ1n) is 18.8. The van der Waals surface area contributed by atoms with Crippen molar-refractivity contribution in [3.05, 3.63) is 0 Å². The second kappa shape index (κ2) is 33.0. The quantitative estimate of drug-likeness (QED) is 0.0296. The van der Waals surface area contributed by atoms with E-state index in [9.17, 15) is 23.8 Å². The Labute approximate surface area is 286 Å². The summed E-state index contributed by atoms with van der Waals surface area (Å²) in [5, 5.41) is 0. The molecule has 0 saturated carbocycles. The van der Waals surface area contributed by atoms with Gasteiger partial charge >= 0.3 is 25.7 Å². The van der Waals surface area contributed by atoms with Gasteiger partial charge in [-0.15, -0.1) is 0 Å². The summed E-state index contributed by atoms with van der Waals surface area (Å²) in [6.45, 7) is 4.28. The van der Waals surface area contributed by atoms with Crippen molar-refractivity contribution in [3.8, 4) is 0 Å². The van der Waals surface area contributed by atoms with Crippen LogP contribution >= 0.6 is 7.82 Å². The fraction of sp³-hybridized carbons (Fsp3) is 0.917. The standard InChI is InChI=1S/C36H69O10P/c1-4-6-8-10-12-14-16-19-23-27-34(37)43-31-33(32-44-35(38)28-24-20-17-15-13-11-9-7-5-2)46-36(39)29-25-21-18-22-26-30-45-47(40,41)42-3/h33H,4-32H2,1-3H3,(H,40,41). The lowest BCUT2D eigenvalue weighted by atomic mass is 10.1. The van der Waals surface area contributed by atoms with Crippen molar-refractivity contribution < 1.29 is 47.1 Å². The Kier molecular flexibility index (Phi) is 32.0. The molecule has 0 spiro atoms. The van der Waals surface area contributed by atoms with E-state index < -0.39 is 19.9 Å². The van der Waals surface area contributed by atoms with Crippen LogP contribution in [0, 0.1) is 0 Å². The highest BCUT2D eigenvalue weighted by molar-refractivity contribution is 7.47. The van der Waals surface area contributed by atoms with Gasteiger partial charge in [0.25, 0.3) is 0 Å². The highest BCUT2D eigenvalue weighted by atomic mass is 31.2. The molecule has 0 aromatic carbocycles. The molecular weight excluding hydrogens is 623 g/mol. The topological polar surface area (TPSA) is 135 Å². The van der Waals surface area contributed by atoms with Gasteiger partial charge in [-0.2, -0.15) is 0 Å². The number of esters is 3. The van der Waals surface area contributed by atoms with E-state index in [-0.39, 0.29) is 38.2 Å². The molecule has 278 valence electrons. The van der Waals surface area contributed by atoms with E-state index in [1.807, 2.05) is 0 Å². The summed E-state index contributed by atoms with van der Waals surface area (Å²) in [6, 6.07) is 0. The van der Waals surface area contributed by atoms with Crippen LogP contribution < -0.4 is 0 Å². The molecule has 1 unspecified atom stereocenters. The molecule has 1 N–H and O–H groups in total. The normalized spacial score (nSPS) is 12.6. The Balaban J connectivity index is 4.41. The van der Waals surface area contributed by atoms with Gasteiger partial charge < -0.3 is 19.1 Å². The third-order valence-corrected chi connectivity index (χ3v) is 9.11. The lowest BCUT2D eigenvalue weighted by molar-refractivity contribution is -0.167. The Hall–Kier alpha value is -1.48. The molecule has 47 heavy (non-hydrogen) atoms. The minimum atomic E-state index is -3.94. The zero-order valence-electron chi connectivity index (χ0n) is 30.2. The van der Waals surface area contributed by atoms with Gasteiger partial charge in [-0.3, -0.25) is 23.4 Å². The minimum absolute atomic E-state index is 0.126. The molecule has 0 aromatic rings. The van der Waals surface area contributed by atoms with Gasteiger partial charge in [-0.1, -0.05) is 136 Å². The molecule has 0 rings (SSSR count). The van der Waals surface area contributed by atoms with Gasteiger partial charge in [0.1, 0.15) is 13.2 Å². The number of carbonyl (C=O) groups excluding carboxylic acids is 3. The monoisotopic (exact) mass is 692 g/mol. The van der Waals surface area contributed by atoms with Crippen molar-refractivity contribution in [3.63, 3.8) is 0 Å². The van der Waals surface area contributed by atoms with Gasteiger partial charge in [0, 0.05) is 26.4 Å². The summed E-state index contributed by atoms with van der Waals surface area (Å²) >= 11 is 0. The fourth-order valence-corrected chi connectivity index (χ4v) is 5.64. The average Bonchev–Trinajstić information content (AvgIpc) is 3.05. The second-order valence-corrected chi connectivity index (χ2v) is 14.2. The molecule has 0 aliphatic heterocycles. The van der Waals surface area contributed by atoms with Gasteiger partial charge in [-0.25, -0.2) is 4.57 Å². The predicted octanol–water partition coefficient (Wildman–Crippen LogP) is 9.93. The molecule has 0 fully saturated rings. The van der Waals surface area contributed by atoms with Crippen LogP contribution in [-0.2, 0) is 42.2 Å².